The number of phenols is 1. The number of methoxy groups -OCH3 is 1. The number of nitrogens with one attached hydrogen (secondary N) is 2. The highest BCUT2D eigenvalue weighted by atomic mass is 32.2. The number of hydrogen-bond donors (Lipinski definition) is 3. The molecule has 0 aromatic heterocycles. The summed E-state index contributed by atoms with van der Waals surface area (Å²) in [6.45, 7) is -0.0580. The zero-order valence-corrected chi connectivity index (χ0v) is 23.2. The average molecular weight is 574 g/mol. The lowest BCUT2D eigenvalue weighted by Gasteiger charge is -2.25. The zero-order chi connectivity index (χ0) is 28.5. The lowest BCUT2D eigenvalue weighted by molar-refractivity contribution is -0.115. The third kappa shape index (κ3) is 7.04. The van der Waals surface area contributed by atoms with Crippen molar-refractivity contribution in [3.05, 3.63) is 120 Å². The van der Waals surface area contributed by atoms with Crippen LogP contribution in [0.5, 0.6) is 11.5 Å². The maximum absolute atomic E-state index is 13.7. The SMILES string of the molecule is COc1ccccc1/C=C/C(=O)NC(=S)Nc1ccc(S(=O)(=O)N(Cc2ccccc2O)c2ccccc2)cc1. The predicted octanol–water partition coefficient (Wildman–Crippen LogP) is 5.32. The van der Waals surface area contributed by atoms with Crippen molar-refractivity contribution in [3.8, 4) is 11.5 Å². The van der Waals surface area contributed by atoms with Crippen LogP contribution in [0.15, 0.2) is 114 Å². The van der Waals surface area contributed by atoms with Crippen LogP contribution in [0.3, 0.4) is 0 Å². The highest BCUT2D eigenvalue weighted by Crippen LogP contribution is 2.29. The summed E-state index contributed by atoms with van der Waals surface area (Å²) in [7, 11) is -2.45. The van der Waals surface area contributed by atoms with Gasteiger partial charge in [-0.05, 0) is 66.8 Å². The van der Waals surface area contributed by atoms with Crippen LogP contribution in [0.4, 0.5) is 11.4 Å². The first-order chi connectivity index (χ1) is 19.3. The molecular formula is C30H27N3O5S2. The van der Waals surface area contributed by atoms with E-state index < -0.39 is 15.9 Å². The molecule has 0 atom stereocenters. The number of ether oxygens (including phenoxy) is 1. The lowest BCUT2D eigenvalue weighted by atomic mass is 10.2. The Hall–Kier alpha value is -4.67. The smallest absolute Gasteiger partial charge is 0.264 e. The van der Waals surface area contributed by atoms with Crippen LogP contribution >= 0.6 is 12.2 Å². The van der Waals surface area contributed by atoms with Gasteiger partial charge in [0, 0.05) is 22.9 Å². The quantitative estimate of drug-likeness (QED) is 0.184. The van der Waals surface area contributed by atoms with Gasteiger partial charge in [0.1, 0.15) is 11.5 Å². The fraction of sp³-hybridized carbons (Fsp3) is 0.0667. The van der Waals surface area contributed by atoms with E-state index in [9.17, 15) is 18.3 Å². The van der Waals surface area contributed by atoms with E-state index in [0.29, 0.717) is 22.7 Å². The molecule has 204 valence electrons. The molecule has 0 spiro atoms. The second-order valence-corrected chi connectivity index (χ2v) is 10.8. The van der Waals surface area contributed by atoms with E-state index in [4.69, 9.17) is 17.0 Å². The first-order valence-electron chi connectivity index (χ1n) is 12.2. The van der Waals surface area contributed by atoms with E-state index in [-0.39, 0.29) is 22.3 Å². The van der Waals surface area contributed by atoms with Crippen molar-refractivity contribution in [1.29, 1.82) is 0 Å². The molecule has 4 aromatic carbocycles. The van der Waals surface area contributed by atoms with Gasteiger partial charge in [-0.3, -0.25) is 14.4 Å². The van der Waals surface area contributed by atoms with E-state index in [1.54, 1.807) is 79.9 Å². The fourth-order valence-electron chi connectivity index (χ4n) is 3.83. The van der Waals surface area contributed by atoms with Gasteiger partial charge < -0.3 is 15.2 Å². The number of thiocarbonyl (C=S) groups is 1. The zero-order valence-electron chi connectivity index (χ0n) is 21.5. The van der Waals surface area contributed by atoms with Gasteiger partial charge in [-0.1, -0.05) is 54.6 Å². The van der Waals surface area contributed by atoms with Crippen molar-refractivity contribution in [2.45, 2.75) is 11.4 Å². The number of carbonyl (C=O) groups excluding carboxylic acids is 1. The molecule has 0 fully saturated rings. The molecule has 0 radical (unpaired) electrons. The predicted molar refractivity (Wildman–Crippen MR) is 161 cm³/mol. The van der Waals surface area contributed by atoms with Gasteiger partial charge in [-0.2, -0.15) is 0 Å². The molecular weight excluding hydrogens is 546 g/mol. The minimum atomic E-state index is -4.00. The standard InChI is InChI=1S/C30H27N3O5S2/c1-38-28-14-8-6-9-22(28)15-20-29(35)32-30(39)31-24-16-18-26(19-17-24)40(36,37)33(25-11-3-2-4-12-25)21-23-10-5-7-13-27(23)34/h2-20,34H,21H2,1H3,(H2,31,32,35,39)/b20-15+. The number of anilines is 2. The number of carbonyl (C=O) groups is 1. The van der Waals surface area contributed by atoms with Crippen LogP contribution in [0.2, 0.25) is 0 Å². The molecule has 0 aliphatic carbocycles. The average Bonchev–Trinajstić information content (AvgIpc) is 2.96. The van der Waals surface area contributed by atoms with E-state index in [1.807, 2.05) is 18.2 Å². The third-order valence-electron chi connectivity index (χ3n) is 5.84. The van der Waals surface area contributed by atoms with Gasteiger partial charge in [0.15, 0.2) is 5.11 Å². The largest absolute Gasteiger partial charge is 0.508 e. The van der Waals surface area contributed by atoms with Gasteiger partial charge >= 0.3 is 0 Å². The van der Waals surface area contributed by atoms with Crippen molar-refractivity contribution < 1.29 is 23.1 Å². The highest BCUT2D eigenvalue weighted by molar-refractivity contribution is 7.92. The topological polar surface area (TPSA) is 108 Å². The molecule has 0 bridgehead atoms. The normalized spacial score (nSPS) is 11.1. The number of para-hydroxylation sites is 3. The molecule has 40 heavy (non-hydrogen) atoms. The van der Waals surface area contributed by atoms with Crippen LogP contribution in [-0.2, 0) is 21.4 Å². The van der Waals surface area contributed by atoms with Crippen molar-refractivity contribution in [3.63, 3.8) is 0 Å². The number of rotatable bonds is 9. The van der Waals surface area contributed by atoms with Gasteiger partial charge in [-0.15, -0.1) is 0 Å². The summed E-state index contributed by atoms with van der Waals surface area (Å²) < 4.78 is 33.9. The van der Waals surface area contributed by atoms with Gasteiger partial charge in [-0.25, -0.2) is 8.42 Å². The van der Waals surface area contributed by atoms with Crippen molar-refractivity contribution in [2.75, 3.05) is 16.7 Å². The Morgan fingerprint density at radius 1 is 0.925 bits per heavy atom. The monoisotopic (exact) mass is 573 g/mol. The first-order valence-corrected chi connectivity index (χ1v) is 14.0. The first kappa shape index (κ1) is 28.3. The molecule has 0 aliphatic heterocycles. The molecule has 3 N–H and O–H groups in total. The van der Waals surface area contributed by atoms with E-state index in [0.717, 1.165) is 5.56 Å². The Morgan fingerprint density at radius 2 is 1.57 bits per heavy atom. The second-order valence-electron chi connectivity index (χ2n) is 8.52. The van der Waals surface area contributed by atoms with Gasteiger partial charge in [0.05, 0.1) is 24.2 Å². The molecule has 0 aliphatic rings. The van der Waals surface area contributed by atoms with E-state index in [1.165, 1.54) is 28.6 Å². The summed E-state index contributed by atoms with van der Waals surface area (Å²) in [5, 5.41) is 15.7. The van der Waals surface area contributed by atoms with Crippen LogP contribution in [0, 0.1) is 0 Å². The number of aromatic hydroxyl groups is 1. The van der Waals surface area contributed by atoms with Crippen LogP contribution in [0.25, 0.3) is 6.08 Å². The van der Waals surface area contributed by atoms with Crippen molar-refractivity contribution in [2.24, 2.45) is 0 Å². The summed E-state index contributed by atoms with van der Waals surface area (Å²) in [4.78, 5) is 12.4. The van der Waals surface area contributed by atoms with E-state index in [2.05, 4.69) is 10.6 Å². The summed E-state index contributed by atoms with van der Waals surface area (Å²) in [5.41, 5.74) is 2.15. The van der Waals surface area contributed by atoms with Crippen LogP contribution < -0.4 is 19.7 Å². The number of amides is 1. The maximum Gasteiger partial charge on any atom is 0.264 e. The molecule has 10 heteroatoms. The summed E-state index contributed by atoms with van der Waals surface area (Å²) >= 11 is 5.24. The minimum absolute atomic E-state index is 0.00601. The number of phenolic OH excluding ortho intramolecular Hbond substituents is 1. The van der Waals surface area contributed by atoms with E-state index >= 15 is 0 Å². The fourth-order valence-corrected chi connectivity index (χ4v) is 5.49. The van der Waals surface area contributed by atoms with Gasteiger partial charge in [0.25, 0.3) is 10.0 Å². The molecule has 0 saturated carbocycles. The number of nitrogens with zero attached hydrogens (tertiary/aromatic N) is 1. The Labute approximate surface area is 238 Å². The number of hydrogen-bond acceptors (Lipinski definition) is 6. The molecule has 1 amide bonds. The molecule has 0 heterocycles. The Balaban J connectivity index is 1.46. The van der Waals surface area contributed by atoms with Crippen molar-refractivity contribution >= 4 is 50.7 Å². The Morgan fingerprint density at radius 3 is 2.27 bits per heavy atom. The second kappa shape index (κ2) is 12.9. The van der Waals surface area contributed by atoms with Crippen molar-refractivity contribution in [1.82, 2.24) is 5.32 Å². The highest BCUT2D eigenvalue weighted by Gasteiger charge is 2.26. The molecule has 0 saturated heterocycles. The molecule has 4 aromatic rings. The lowest BCUT2D eigenvalue weighted by Crippen LogP contribution is -2.33. The van der Waals surface area contributed by atoms with Gasteiger partial charge in [0.2, 0.25) is 5.91 Å². The minimum Gasteiger partial charge on any atom is -0.508 e. The molecule has 0 unspecified atom stereocenters. The summed E-state index contributed by atoms with van der Waals surface area (Å²) in [6, 6.07) is 28.6. The van der Waals surface area contributed by atoms with Crippen LogP contribution in [-0.4, -0.2) is 31.7 Å². The molecule has 4 rings (SSSR count). The summed E-state index contributed by atoms with van der Waals surface area (Å²) in [6.07, 6.45) is 2.95. The Bertz CT molecular complexity index is 1620. The number of benzene rings is 4. The summed E-state index contributed by atoms with van der Waals surface area (Å²) in [5.74, 6) is 0.199. The Kier molecular flexibility index (Phi) is 9.15. The molecule has 8 nitrogen and oxygen atoms in total. The third-order valence-corrected chi connectivity index (χ3v) is 7.83. The maximum atomic E-state index is 13.7. The number of sulfonamides is 1. The van der Waals surface area contributed by atoms with Crippen LogP contribution in [0.1, 0.15) is 11.1 Å².